The number of hydrogen-bond donors (Lipinski definition) is 1. The average Bonchev–Trinajstić information content (AvgIpc) is 2.60. The Hall–Kier alpha value is -2.04. The standard InChI is InChI=1S/C19H27NO4/c1-14(16-6-3-7-17(12-16)24-2)11-18(21)20-10-4-5-15(13-20)8-9-19(22)23/h3,6-7,12,14-15H,4-5,8-11,13H2,1-2H3,(H,22,23)/t14-,15+/m0/s1. The first-order valence-electron chi connectivity index (χ1n) is 8.63. The first-order chi connectivity index (χ1) is 11.5. The number of amides is 1. The molecule has 1 fully saturated rings. The van der Waals surface area contributed by atoms with Gasteiger partial charge in [-0.2, -0.15) is 0 Å². The van der Waals surface area contributed by atoms with E-state index in [9.17, 15) is 9.59 Å². The van der Waals surface area contributed by atoms with Crippen LogP contribution in [0.25, 0.3) is 0 Å². The first kappa shape index (κ1) is 18.3. The van der Waals surface area contributed by atoms with Crippen molar-refractivity contribution in [3.05, 3.63) is 29.8 Å². The van der Waals surface area contributed by atoms with Crippen LogP contribution in [0.15, 0.2) is 24.3 Å². The molecule has 5 nitrogen and oxygen atoms in total. The Morgan fingerprint density at radius 3 is 2.92 bits per heavy atom. The summed E-state index contributed by atoms with van der Waals surface area (Å²) in [6, 6.07) is 7.84. The lowest BCUT2D eigenvalue weighted by atomic mass is 9.92. The van der Waals surface area contributed by atoms with Crippen LogP contribution in [0, 0.1) is 5.92 Å². The Labute approximate surface area is 143 Å². The molecule has 1 amide bonds. The number of likely N-dealkylation sites (tertiary alicyclic amines) is 1. The Morgan fingerprint density at radius 2 is 2.21 bits per heavy atom. The molecule has 0 spiro atoms. The summed E-state index contributed by atoms with van der Waals surface area (Å²) in [5.74, 6) is 0.645. The number of rotatable bonds is 7. The van der Waals surface area contributed by atoms with E-state index in [1.54, 1.807) is 7.11 Å². The second kappa shape index (κ2) is 8.71. The molecule has 1 aliphatic heterocycles. The fourth-order valence-corrected chi connectivity index (χ4v) is 3.31. The Kier molecular flexibility index (Phi) is 6.64. The average molecular weight is 333 g/mol. The quantitative estimate of drug-likeness (QED) is 0.831. The van der Waals surface area contributed by atoms with E-state index >= 15 is 0 Å². The molecule has 0 aliphatic carbocycles. The summed E-state index contributed by atoms with van der Waals surface area (Å²) < 4.78 is 5.24. The largest absolute Gasteiger partial charge is 0.497 e. The van der Waals surface area contributed by atoms with Crippen molar-refractivity contribution in [2.24, 2.45) is 5.92 Å². The summed E-state index contributed by atoms with van der Waals surface area (Å²) >= 11 is 0. The van der Waals surface area contributed by atoms with Gasteiger partial charge in [0, 0.05) is 25.9 Å². The van der Waals surface area contributed by atoms with Crippen LogP contribution in [0.1, 0.15) is 50.5 Å². The monoisotopic (exact) mass is 333 g/mol. The molecule has 0 saturated carbocycles. The van der Waals surface area contributed by atoms with Crippen LogP contribution in [-0.4, -0.2) is 42.1 Å². The van der Waals surface area contributed by atoms with Crippen LogP contribution in [0.3, 0.4) is 0 Å². The fourth-order valence-electron chi connectivity index (χ4n) is 3.31. The van der Waals surface area contributed by atoms with Gasteiger partial charge < -0.3 is 14.7 Å². The predicted molar refractivity (Wildman–Crippen MR) is 92.2 cm³/mol. The van der Waals surface area contributed by atoms with Crippen molar-refractivity contribution in [2.75, 3.05) is 20.2 Å². The first-order valence-corrected chi connectivity index (χ1v) is 8.63. The van der Waals surface area contributed by atoms with Crippen LogP contribution < -0.4 is 4.74 Å². The molecule has 1 aliphatic rings. The van der Waals surface area contributed by atoms with Gasteiger partial charge in [-0.1, -0.05) is 19.1 Å². The number of carboxylic acid groups (broad SMARTS) is 1. The van der Waals surface area contributed by atoms with Crippen molar-refractivity contribution < 1.29 is 19.4 Å². The third-order valence-electron chi connectivity index (χ3n) is 4.78. The molecule has 2 atom stereocenters. The predicted octanol–water partition coefficient (Wildman–Crippen LogP) is 3.29. The maximum atomic E-state index is 12.6. The van der Waals surface area contributed by atoms with E-state index in [-0.39, 0.29) is 18.2 Å². The van der Waals surface area contributed by atoms with Crippen LogP contribution in [0.4, 0.5) is 0 Å². The third-order valence-corrected chi connectivity index (χ3v) is 4.78. The number of carbonyl (C=O) groups is 2. The Bertz CT molecular complexity index is 572. The van der Waals surface area contributed by atoms with Gasteiger partial charge in [0.05, 0.1) is 7.11 Å². The molecule has 5 heteroatoms. The second-order valence-electron chi connectivity index (χ2n) is 6.66. The van der Waals surface area contributed by atoms with E-state index in [4.69, 9.17) is 9.84 Å². The molecule has 1 heterocycles. The van der Waals surface area contributed by atoms with Gasteiger partial charge in [0.2, 0.25) is 5.91 Å². The molecule has 2 rings (SSSR count). The minimum atomic E-state index is -0.759. The molecule has 1 aromatic carbocycles. The van der Waals surface area contributed by atoms with Crippen molar-refractivity contribution in [1.82, 2.24) is 4.90 Å². The van der Waals surface area contributed by atoms with E-state index in [1.165, 1.54) is 0 Å². The molecular formula is C19H27NO4. The summed E-state index contributed by atoms with van der Waals surface area (Å²) in [5.41, 5.74) is 1.10. The lowest BCUT2D eigenvalue weighted by molar-refractivity contribution is -0.137. The van der Waals surface area contributed by atoms with Crippen LogP contribution in [0.2, 0.25) is 0 Å². The van der Waals surface area contributed by atoms with Gasteiger partial charge in [0.25, 0.3) is 0 Å². The van der Waals surface area contributed by atoms with Crippen molar-refractivity contribution in [2.45, 2.75) is 44.9 Å². The van der Waals surface area contributed by atoms with Crippen molar-refractivity contribution >= 4 is 11.9 Å². The number of benzene rings is 1. The van der Waals surface area contributed by atoms with Gasteiger partial charge in [-0.05, 0) is 48.8 Å². The maximum Gasteiger partial charge on any atom is 0.303 e. The van der Waals surface area contributed by atoms with Crippen molar-refractivity contribution in [1.29, 1.82) is 0 Å². The number of methoxy groups -OCH3 is 1. The summed E-state index contributed by atoms with van der Waals surface area (Å²) in [4.78, 5) is 25.2. The molecule has 132 valence electrons. The molecule has 24 heavy (non-hydrogen) atoms. The van der Waals surface area contributed by atoms with Crippen LogP contribution in [0.5, 0.6) is 5.75 Å². The smallest absolute Gasteiger partial charge is 0.303 e. The minimum Gasteiger partial charge on any atom is -0.497 e. The summed E-state index contributed by atoms with van der Waals surface area (Å²) in [6.07, 6.45) is 3.29. The molecule has 0 unspecified atom stereocenters. The second-order valence-corrected chi connectivity index (χ2v) is 6.66. The summed E-state index contributed by atoms with van der Waals surface area (Å²) in [7, 11) is 1.64. The molecule has 1 saturated heterocycles. The number of hydrogen-bond acceptors (Lipinski definition) is 3. The number of nitrogens with zero attached hydrogens (tertiary/aromatic N) is 1. The highest BCUT2D eigenvalue weighted by Gasteiger charge is 2.25. The molecule has 1 N–H and O–H groups in total. The van der Waals surface area contributed by atoms with Gasteiger partial charge in [-0.3, -0.25) is 9.59 Å². The molecule has 0 bridgehead atoms. The van der Waals surface area contributed by atoms with Crippen LogP contribution >= 0.6 is 0 Å². The van der Waals surface area contributed by atoms with Gasteiger partial charge in [-0.25, -0.2) is 0 Å². The maximum absolute atomic E-state index is 12.6. The number of carbonyl (C=O) groups excluding carboxylic acids is 1. The van der Waals surface area contributed by atoms with E-state index < -0.39 is 5.97 Å². The fraction of sp³-hybridized carbons (Fsp3) is 0.579. The van der Waals surface area contributed by atoms with Crippen molar-refractivity contribution in [3.63, 3.8) is 0 Å². The SMILES string of the molecule is COc1cccc([C@@H](C)CC(=O)N2CCC[C@H](CCC(=O)O)C2)c1. The Morgan fingerprint density at radius 1 is 1.42 bits per heavy atom. The van der Waals surface area contributed by atoms with E-state index in [0.29, 0.717) is 25.3 Å². The van der Waals surface area contributed by atoms with Gasteiger partial charge in [-0.15, -0.1) is 0 Å². The van der Waals surface area contributed by atoms with Crippen LogP contribution in [-0.2, 0) is 9.59 Å². The molecule has 0 aromatic heterocycles. The van der Waals surface area contributed by atoms with Gasteiger partial charge >= 0.3 is 5.97 Å². The number of aliphatic carboxylic acids is 1. The lowest BCUT2D eigenvalue weighted by Gasteiger charge is -2.33. The van der Waals surface area contributed by atoms with E-state index in [1.807, 2.05) is 29.2 Å². The third kappa shape index (κ3) is 5.25. The Balaban J connectivity index is 1.89. The molecular weight excluding hydrogens is 306 g/mol. The molecule has 0 radical (unpaired) electrons. The zero-order chi connectivity index (χ0) is 17.5. The highest BCUT2D eigenvalue weighted by molar-refractivity contribution is 5.77. The lowest BCUT2D eigenvalue weighted by Crippen LogP contribution is -2.40. The highest BCUT2D eigenvalue weighted by Crippen LogP contribution is 2.26. The zero-order valence-corrected chi connectivity index (χ0v) is 14.5. The zero-order valence-electron chi connectivity index (χ0n) is 14.5. The van der Waals surface area contributed by atoms with E-state index in [0.717, 1.165) is 30.7 Å². The number of piperidine rings is 1. The van der Waals surface area contributed by atoms with Gasteiger partial charge in [0.15, 0.2) is 0 Å². The number of ether oxygens (including phenoxy) is 1. The number of carboxylic acids is 1. The summed E-state index contributed by atoms with van der Waals surface area (Å²) in [6.45, 7) is 3.53. The topological polar surface area (TPSA) is 66.8 Å². The molecule has 1 aromatic rings. The van der Waals surface area contributed by atoms with Crippen molar-refractivity contribution in [3.8, 4) is 5.75 Å². The summed E-state index contributed by atoms with van der Waals surface area (Å²) in [5, 5.41) is 8.82. The van der Waals surface area contributed by atoms with E-state index in [2.05, 4.69) is 6.92 Å². The highest BCUT2D eigenvalue weighted by atomic mass is 16.5. The minimum absolute atomic E-state index is 0.131. The van der Waals surface area contributed by atoms with Gasteiger partial charge in [0.1, 0.15) is 5.75 Å². The normalized spacial score (nSPS) is 18.9.